The smallest absolute Gasteiger partial charge is 0.230 e. The zero-order chi connectivity index (χ0) is 15.4. The molecule has 1 amide bonds. The zero-order valence-corrected chi connectivity index (χ0v) is 12.4. The number of carbonyl (C=O) groups excluding carboxylic acids is 1. The molecule has 5 heteroatoms. The van der Waals surface area contributed by atoms with E-state index in [2.05, 4.69) is 10.3 Å². The molecule has 0 aliphatic carbocycles. The molecule has 0 aliphatic heterocycles. The predicted octanol–water partition coefficient (Wildman–Crippen LogP) is 4.13. The Bertz CT molecular complexity index is 769. The van der Waals surface area contributed by atoms with Crippen molar-refractivity contribution in [3.8, 4) is 10.6 Å². The highest BCUT2D eigenvalue weighted by Gasteiger charge is 2.09. The third-order valence-electron chi connectivity index (χ3n) is 3.04. The number of hydrogen-bond acceptors (Lipinski definition) is 3. The molecule has 0 aliphatic rings. The Morgan fingerprint density at radius 3 is 2.55 bits per heavy atom. The molecule has 1 heterocycles. The van der Waals surface area contributed by atoms with Gasteiger partial charge in [0.15, 0.2) is 0 Å². The van der Waals surface area contributed by atoms with Crippen molar-refractivity contribution in [2.24, 2.45) is 0 Å². The Hall–Kier alpha value is -2.53. The minimum Gasteiger partial charge on any atom is -0.326 e. The van der Waals surface area contributed by atoms with Crippen LogP contribution >= 0.6 is 11.3 Å². The standard InChI is InChI=1S/C17H13FN2OS/c18-13-8-6-12(7-9-13)17-20-15(11-22-17)10-16(21)19-14-4-2-1-3-5-14/h1-9,11H,10H2,(H,19,21). The number of carbonyl (C=O) groups is 1. The summed E-state index contributed by atoms with van der Waals surface area (Å²) in [6.45, 7) is 0. The van der Waals surface area contributed by atoms with E-state index in [1.54, 1.807) is 12.1 Å². The first-order valence-corrected chi connectivity index (χ1v) is 7.64. The molecule has 0 spiro atoms. The van der Waals surface area contributed by atoms with Crippen molar-refractivity contribution < 1.29 is 9.18 Å². The van der Waals surface area contributed by atoms with Crippen LogP contribution in [0.25, 0.3) is 10.6 Å². The highest BCUT2D eigenvalue weighted by Crippen LogP contribution is 2.24. The second-order valence-electron chi connectivity index (χ2n) is 4.74. The van der Waals surface area contributed by atoms with Crippen LogP contribution in [0.5, 0.6) is 0 Å². The molecule has 3 nitrogen and oxygen atoms in total. The molecule has 0 fully saturated rings. The maximum absolute atomic E-state index is 12.9. The number of anilines is 1. The van der Waals surface area contributed by atoms with Gasteiger partial charge in [0, 0.05) is 16.6 Å². The largest absolute Gasteiger partial charge is 0.326 e. The van der Waals surface area contributed by atoms with E-state index in [-0.39, 0.29) is 18.1 Å². The molecule has 2 aromatic carbocycles. The van der Waals surface area contributed by atoms with Crippen LogP contribution in [-0.4, -0.2) is 10.9 Å². The molecule has 22 heavy (non-hydrogen) atoms. The molecule has 0 saturated carbocycles. The number of halogens is 1. The topological polar surface area (TPSA) is 42.0 Å². The molecule has 0 saturated heterocycles. The second-order valence-corrected chi connectivity index (χ2v) is 5.60. The summed E-state index contributed by atoms with van der Waals surface area (Å²) in [7, 11) is 0. The van der Waals surface area contributed by atoms with Gasteiger partial charge in [0.05, 0.1) is 12.1 Å². The lowest BCUT2D eigenvalue weighted by Crippen LogP contribution is -2.14. The van der Waals surface area contributed by atoms with Crippen LogP contribution in [0.15, 0.2) is 60.0 Å². The normalized spacial score (nSPS) is 10.4. The Kier molecular flexibility index (Phi) is 4.25. The molecule has 0 atom stereocenters. The van der Waals surface area contributed by atoms with Crippen LogP contribution in [0.1, 0.15) is 5.69 Å². The van der Waals surface area contributed by atoms with E-state index in [0.717, 1.165) is 16.3 Å². The summed E-state index contributed by atoms with van der Waals surface area (Å²) >= 11 is 1.44. The first-order valence-electron chi connectivity index (χ1n) is 6.76. The van der Waals surface area contributed by atoms with Crippen molar-refractivity contribution >= 4 is 22.9 Å². The molecule has 0 unspecified atom stereocenters. The van der Waals surface area contributed by atoms with E-state index in [4.69, 9.17) is 0 Å². The Labute approximate surface area is 131 Å². The van der Waals surface area contributed by atoms with Gasteiger partial charge in [0.2, 0.25) is 5.91 Å². The van der Waals surface area contributed by atoms with Crippen LogP contribution < -0.4 is 5.32 Å². The maximum Gasteiger partial charge on any atom is 0.230 e. The van der Waals surface area contributed by atoms with Crippen LogP contribution in [0.3, 0.4) is 0 Å². The van der Waals surface area contributed by atoms with Crippen LogP contribution in [0.2, 0.25) is 0 Å². The van der Waals surface area contributed by atoms with E-state index < -0.39 is 0 Å². The van der Waals surface area contributed by atoms with Crippen LogP contribution in [-0.2, 0) is 11.2 Å². The van der Waals surface area contributed by atoms with Gasteiger partial charge in [0.25, 0.3) is 0 Å². The Morgan fingerprint density at radius 1 is 1.09 bits per heavy atom. The number of nitrogens with zero attached hydrogens (tertiary/aromatic N) is 1. The summed E-state index contributed by atoms with van der Waals surface area (Å²) < 4.78 is 12.9. The number of rotatable bonds is 4. The van der Waals surface area contributed by atoms with Crippen molar-refractivity contribution in [2.75, 3.05) is 5.32 Å². The Balaban J connectivity index is 1.66. The van der Waals surface area contributed by atoms with Gasteiger partial charge in [-0.1, -0.05) is 18.2 Å². The monoisotopic (exact) mass is 312 g/mol. The fraction of sp³-hybridized carbons (Fsp3) is 0.0588. The molecule has 3 aromatic rings. The first-order chi connectivity index (χ1) is 10.7. The summed E-state index contributed by atoms with van der Waals surface area (Å²) in [4.78, 5) is 16.4. The van der Waals surface area contributed by atoms with Gasteiger partial charge in [-0.2, -0.15) is 0 Å². The Morgan fingerprint density at radius 2 is 1.82 bits per heavy atom. The minimum absolute atomic E-state index is 0.109. The van der Waals surface area contributed by atoms with Crippen molar-refractivity contribution in [3.05, 3.63) is 71.5 Å². The number of para-hydroxylation sites is 1. The van der Waals surface area contributed by atoms with Gasteiger partial charge >= 0.3 is 0 Å². The summed E-state index contributed by atoms with van der Waals surface area (Å²) in [5.41, 5.74) is 2.32. The van der Waals surface area contributed by atoms with Gasteiger partial charge in [0.1, 0.15) is 10.8 Å². The summed E-state index contributed by atoms with van der Waals surface area (Å²) in [5, 5.41) is 5.45. The van der Waals surface area contributed by atoms with Gasteiger partial charge < -0.3 is 5.32 Å². The van der Waals surface area contributed by atoms with Gasteiger partial charge in [-0.25, -0.2) is 9.37 Å². The lowest BCUT2D eigenvalue weighted by atomic mass is 10.2. The fourth-order valence-corrected chi connectivity index (χ4v) is 2.83. The third-order valence-corrected chi connectivity index (χ3v) is 3.98. The minimum atomic E-state index is -0.275. The van der Waals surface area contributed by atoms with Gasteiger partial charge in [-0.05, 0) is 36.4 Å². The van der Waals surface area contributed by atoms with Gasteiger partial charge in [-0.3, -0.25) is 4.79 Å². The average Bonchev–Trinajstić information content (AvgIpc) is 2.97. The van der Waals surface area contributed by atoms with Crippen molar-refractivity contribution in [1.29, 1.82) is 0 Å². The first kappa shape index (κ1) is 14.4. The molecule has 110 valence electrons. The highest BCUT2D eigenvalue weighted by atomic mass is 32.1. The van der Waals surface area contributed by atoms with Crippen LogP contribution in [0, 0.1) is 5.82 Å². The number of benzene rings is 2. The quantitative estimate of drug-likeness (QED) is 0.787. The average molecular weight is 312 g/mol. The SMILES string of the molecule is O=C(Cc1csc(-c2ccc(F)cc2)n1)Nc1ccccc1. The lowest BCUT2D eigenvalue weighted by Gasteiger charge is -2.03. The van der Waals surface area contributed by atoms with E-state index >= 15 is 0 Å². The number of amides is 1. The number of hydrogen-bond donors (Lipinski definition) is 1. The lowest BCUT2D eigenvalue weighted by molar-refractivity contribution is -0.115. The van der Waals surface area contributed by atoms with E-state index in [9.17, 15) is 9.18 Å². The van der Waals surface area contributed by atoms with Gasteiger partial charge in [-0.15, -0.1) is 11.3 Å². The zero-order valence-electron chi connectivity index (χ0n) is 11.6. The highest BCUT2D eigenvalue weighted by molar-refractivity contribution is 7.13. The van der Waals surface area contributed by atoms with Crippen molar-refractivity contribution in [3.63, 3.8) is 0 Å². The molecular weight excluding hydrogens is 299 g/mol. The summed E-state index contributed by atoms with van der Waals surface area (Å²) in [6.07, 6.45) is 0.215. The number of nitrogens with one attached hydrogen (secondary N) is 1. The van der Waals surface area contributed by atoms with E-state index in [0.29, 0.717) is 5.69 Å². The molecule has 1 N–H and O–H groups in total. The van der Waals surface area contributed by atoms with E-state index in [1.807, 2.05) is 35.7 Å². The fourth-order valence-electron chi connectivity index (χ4n) is 2.00. The number of thiazole rings is 1. The summed E-state index contributed by atoms with van der Waals surface area (Å²) in [5.74, 6) is -0.384. The molecular formula is C17H13FN2OS. The van der Waals surface area contributed by atoms with Crippen molar-refractivity contribution in [2.45, 2.75) is 6.42 Å². The molecule has 0 radical (unpaired) electrons. The number of aromatic nitrogens is 1. The van der Waals surface area contributed by atoms with Crippen molar-refractivity contribution in [1.82, 2.24) is 4.98 Å². The van der Waals surface area contributed by atoms with E-state index in [1.165, 1.54) is 23.5 Å². The molecule has 3 rings (SSSR count). The maximum atomic E-state index is 12.9. The molecule has 1 aromatic heterocycles. The third kappa shape index (κ3) is 3.56. The summed E-state index contributed by atoms with van der Waals surface area (Å²) in [6, 6.07) is 15.5. The predicted molar refractivity (Wildman–Crippen MR) is 86.3 cm³/mol. The van der Waals surface area contributed by atoms with Crippen LogP contribution in [0.4, 0.5) is 10.1 Å². The second kappa shape index (κ2) is 6.49. The molecule has 0 bridgehead atoms.